The highest BCUT2D eigenvalue weighted by Gasteiger charge is 2.36. The molecule has 0 atom stereocenters. The first kappa shape index (κ1) is 14.4. The van der Waals surface area contributed by atoms with Gasteiger partial charge >= 0.3 is 18.1 Å². The Morgan fingerprint density at radius 3 is 2.30 bits per heavy atom. The number of cyclic esters (lactones) is 2. The largest absolute Gasteiger partial charge is 0.496 e. The molecule has 2 rings (SSSR count). The van der Waals surface area contributed by atoms with Crippen molar-refractivity contribution >= 4 is 11.9 Å². The van der Waals surface area contributed by atoms with Crippen LogP contribution < -0.4 is 4.74 Å². The van der Waals surface area contributed by atoms with Gasteiger partial charge in [0.1, 0.15) is 5.75 Å². The summed E-state index contributed by atoms with van der Waals surface area (Å²) < 4.78 is 47.7. The Balaban J connectivity index is 2.38. The summed E-state index contributed by atoms with van der Waals surface area (Å²) in [5, 5.41) is 0. The number of ether oxygens (including phenoxy) is 2. The third-order valence-corrected chi connectivity index (χ3v) is 3.05. The predicted molar refractivity (Wildman–Crippen MR) is 61.1 cm³/mol. The molecule has 0 bridgehead atoms. The van der Waals surface area contributed by atoms with E-state index in [-0.39, 0.29) is 24.2 Å². The minimum Gasteiger partial charge on any atom is -0.496 e. The summed E-state index contributed by atoms with van der Waals surface area (Å²) in [5.41, 5.74) is -0.660. The molecule has 1 aromatic carbocycles. The topological polar surface area (TPSA) is 52.6 Å². The second-order valence-corrected chi connectivity index (χ2v) is 4.41. The van der Waals surface area contributed by atoms with Crippen LogP contribution in [0.5, 0.6) is 5.75 Å². The van der Waals surface area contributed by atoms with E-state index in [1.165, 1.54) is 12.1 Å². The van der Waals surface area contributed by atoms with Crippen LogP contribution in [0, 0.1) is 0 Å². The molecule has 0 aromatic heterocycles. The number of carbonyl (C=O) groups excluding carboxylic acids is 2. The zero-order valence-corrected chi connectivity index (χ0v) is 10.5. The Morgan fingerprint density at radius 2 is 1.80 bits per heavy atom. The molecule has 1 aliphatic rings. The molecule has 1 saturated heterocycles. The number of esters is 2. The zero-order valence-electron chi connectivity index (χ0n) is 10.5. The minimum atomic E-state index is -4.57. The third kappa shape index (κ3) is 2.92. The maximum absolute atomic E-state index is 12.9. The highest BCUT2D eigenvalue weighted by molar-refractivity contribution is 5.89. The van der Waals surface area contributed by atoms with Crippen LogP contribution in [0.3, 0.4) is 0 Å². The molecule has 0 N–H and O–H groups in total. The van der Waals surface area contributed by atoms with Crippen molar-refractivity contribution in [1.82, 2.24) is 0 Å². The molecule has 4 nitrogen and oxygen atoms in total. The first-order valence-electron chi connectivity index (χ1n) is 5.80. The van der Waals surface area contributed by atoms with E-state index in [1.807, 2.05) is 0 Å². The van der Waals surface area contributed by atoms with Gasteiger partial charge in [-0.05, 0) is 17.7 Å². The van der Waals surface area contributed by atoms with Crippen LogP contribution in [0.4, 0.5) is 13.2 Å². The Hall–Kier alpha value is -2.05. The van der Waals surface area contributed by atoms with Gasteiger partial charge in [-0.15, -0.1) is 0 Å². The highest BCUT2D eigenvalue weighted by Crippen LogP contribution is 2.39. The number of alkyl halides is 3. The summed E-state index contributed by atoms with van der Waals surface area (Å²) in [4.78, 5) is 22.3. The van der Waals surface area contributed by atoms with Crippen molar-refractivity contribution < 1.29 is 32.2 Å². The minimum absolute atomic E-state index is 0.116. The van der Waals surface area contributed by atoms with E-state index in [4.69, 9.17) is 0 Å². The van der Waals surface area contributed by atoms with E-state index in [2.05, 4.69) is 9.47 Å². The van der Waals surface area contributed by atoms with Gasteiger partial charge in [0.2, 0.25) is 0 Å². The van der Waals surface area contributed by atoms with E-state index in [0.717, 1.165) is 13.2 Å². The summed E-state index contributed by atoms with van der Waals surface area (Å²) in [6.07, 6.45) is -4.80. The molecular formula is C13H11F3O4. The first-order chi connectivity index (χ1) is 9.31. The van der Waals surface area contributed by atoms with E-state index < -0.39 is 29.6 Å². The number of rotatable bonds is 2. The van der Waals surface area contributed by atoms with Gasteiger partial charge in [0, 0.05) is 5.92 Å². The van der Waals surface area contributed by atoms with Gasteiger partial charge in [-0.2, -0.15) is 13.2 Å². The third-order valence-electron chi connectivity index (χ3n) is 3.05. The quantitative estimate of drug-likeness (QED) is 0.620. The highest BCUT2D eigenvalue weighted by atomic mass is 19.4. The van der Waals surface area contributed by atoms with Crippen molar-refractivity contribution in [3.8, 4) is 5.75 Å². The molecule has 1 heterocycles. The lowest BCUT2D eigenvalue weighted by atomic mass is 9.90. The molecule has 1 fully saturated rings. The summed E-state index contributed by atoms with van der Waals surface area (Å²) in [7, 11) is 1.14. The van der Waals surface area contributed by atoms with Gasteiger partial charge in [-0.3, -0.25) is 9.59 Å². The van der Waals surface area contributed by atoms with Crippen LogP contribution in [0.15, 0.2) is 18.2 Å². The maximum atomic E-state index is 12.9. The average molecular weight is 288 g/mol. The van der Waals surface area contributed by atoms with Crippen molar-refractivity contribution in [2.24, 2.45) is 0 Å². The lowest BCUT2D eigenvalue weighted by Gasteiger charge is -2.21. The van der Waals surface area contributed by atoms with Gasteiger partial charge in [0.05, 0.1) is 25.5 Å². The smallest absolute Gasteiger partial charge is 0.419 e. The molecule has 0 saturated carbocycles. The van der Waals surface area contributed by atoms with E-state index in [9.17, 15) is 22.8 Å². The normalized spacial score (nSPS) is 17.0. The Morgan fingerprint density at radius 1 is 1.20 bits per heavy atom. The van der Waals surface area contributed by atoms with Crippen LogP contribution >= 0.6 is 0 Å². The van der Waals surface area contributed by atoms with Crippen LogP contribution in [-0.2, 0) is 20.5 Å². The molecular weight excluding hydrogens is 277 g/mol. The zero-order chi connectivity index (χ0) is 14.9. The van der Waals surface area contributed by atoms with E-state index >= 15 is 0 Å². The SMILES string of the molecule is COc1ccc(C2CC(=O)OC(=O)C2)cc1C(F)(F)F. The van der Waals surface area contributed by atoms with E-state index in [0.29, 0.717) is 0 Å². The maximum Gasteiger partial charge on any atom is 0.419 e. The summed E-state index contributed by atoms with van der Waals surface area (Å²) in [5.74, 6) is -2.35. The number of methoxy groups -OCH3 is 1. The average Bonchev–Trinajstić information content (AvgIpc) is 2.35. The Labute approximate surface area is 112 Å². The molecule has 108 valence electrons. The molecule has 20 heavy (non-hydrogen) atoms. The number of halogens is 3. The van der Waals surface area contributed by atoms with Gasteiger partial charge in [0.15, 0.2) is 0 Å². The van der Waals surface area contributed by atoms with Crippen molar-refractivity contribution in [2.45, 2.75) is 24.9 Å². The Bertz CT molecular complexity index is 535. The van der Waals surface area contributed by atoms with Crippen LogP contribution in [-0.4, -0.2) is 19.0 Å². The van der Waals surface area contributed by atoms with Crippen molar-refractivity contribution in [3.63, 3.8) is 0 Å². The van der Waals surface area contributed by atoms with Crippen LogP contribution in [0.1, 0.15) is 29.9 Å². The summed E-state index contributed by atoms with van der Waals surface area (Å²) in [6, 6.07) is 3.52. The molecule has 0 unspecified atom stereocenters. The van der Waals surface area contributed by atoms with Crippen LogP contribution in [0.2, 0.25) is 0 Å². The lowest BCUT2D eigenvalue weighted by Crippen LogP contribution is -2.24. The lowest BCUT2D eigenvalue weighted by molar-refractivity contribution is -0.163. The molecule has 0 aliphatic carbocycles. The fraction of sp³-hybridized carbons (Fsp3) is 0.385. The molecule has 1 aromatic rings. The Kier molecular flexibility index (Phi) is 3.69. The molecule has 0 spiro atoms. The number of benzene rings is 1. The van der Waals surface area contributed by atoms with Crippen molar-refractivity contribution in [2.75, 3.05) is 7.11 Å². The fourth-order valence-electron chi connectivity index (χ4n) is 2.12. The van der Waals surface area contributed by atoms with E-state index in [1.54, 1.807) is 0 Å². The van der Waals surface area contributed by atoms with Crippen molar-refractivity contribution in [3.05, 3.63) is 29.3 Å². The number of hydrogen-bond donors (Lipinski definition) is 0. The summed E-state index contributed by atoms with van der Waals surface area (Å²) in [6.45, 7) is 0. The molecule has 0 radical (unpaired) electrons. The number of hydrogen-bond acceptors (Lipinski definition) is 4. The van der Waals surface area contributed by atoms with Crippen molar-refractivity contribution in [1.29, 1.82) is 0 Å². The fourth-order valence-corrected chi connectivity index (χ4v) is 2.12. The van der Waals surface area contributed by atoms with Gasteiger partial charge in [-0.25, -0.2) is 0 Å². The monoisotopic (exact) mass is 288 g/mol. The van der Waals surface area contributed by atoms with Gasteiger partial charge < -0.3 is 9.47 Å². The van der Waals surface area contributed by atoms with Crippen LogP contribution in [0.25, 0.3) is 0 Å². The molecule has 7 heteroatoms. The standard InChI is InChI=1S/C13H11F3O4/c1-19-10-3-2-7(4-9(10)13(14,15)16)8-5-11(17)20-12(18)6-8/h2-4,8H,5-6H2,1H3. The second kappa shape index (κ2) is 5.15. The molecule has 0 amide bonds. The first-order valence-corrected chi connectivity index (χ1v) is 5.80. The number of carbonyl (C=O) groups is 2. The second-order valence-electron chi connectivity index (χ2n) is 4.41. The van der Waals surface area contributed by atoms with Gasteiger partial charge in [0.25, 0.3) is 0 Å². The molecule has 1 aliphatic heterocycles. The van der Waals surface area contributed by atoms with Gasteiger partial charge in [-0.1, -0.05) is 6.07 Å². The summed E-state index contributed by atoms with van der Waals surface area (Å²) >= 11 is 0. The predicted octanol–water partition coefficient (Wildman–Crippen LogP) is 2.66.